The number of hydrogen-bond donors (Lipinski definition) is 2. The summed E-state index contributed by atoms with van der Waals surface area (Å²) in [5.41, 5.74) is 0.102. The van der Waals surface area contributed by atoms with Crippen LogP contribution in [0.4, 0.5) is 0 Å². The summed E-state index contributed by atoms with van der Waals surface area (Å²) in [6.07, 6.45) is 7.89. The molecule has 0 heterocycles. The monoisotopic (exact) mass is 268 g/mol. The van der Waals surface area contributed by atoms with Crippen LogP contribution in [0.15, 0.2) is 23.3 Å². The molecule has 0 aliphatic rings. The van der Waals surface area contributed by atoms with Crippen LogP contribution in [0.2, 0.25) is 0 Å². The number of allylic oxidation sites excluding steroid dienone is 1. The molecule has 19 heavy (non-hydrogen) atoms. The molecule has 2 N–H and O–H groups in total. The zero-order valence-electron chi connectivity index (χ0n) is 12.0. The minimum absolute atomic E-state index is 0.0373. The van der Waals surface area contributed by atoms with Gasteiger partial charge in [-0.2, -0.15) is 0 Å². The Kier molecular flexibility index (Phi) is 8.58. The fourth-order valence-corrected chi connectivity index (χ4v) is 1.78. The van der Waals surface area contributed by atoms with Crippen molar-refractivity contribution in [1.82, 2.24) is 0 Å². The number of aliphatic carboxylic acids is 2. The quantitative estimate of drug-likeness (QED) is 0.494. The van der Waals surface area contributed by atoms with Gasteiger partial charge < -0.3 is 10.2 Å². The van der Waals surface area contributed by atoms with Gasteiger partial charge in [-0.25, -0.2) is 9.59 Å². The van der Waals surface area contributed by atoms with Crippen LogP contribution in [0.25, 0.3) is 0 Å². The molecular formula is C15H24O4. The van der Waals surface area contributed by atoms with Crippen LogP contribution in [0.3, 0.4) is 0 Å². The number of carboxylic acid groups (broad SMARTS) is 2. The Morgan fingerprint density at radius 3 is 2.21 bits per heavy atom. The van der Waals surface area contributed by atoms with Crippen LogP contribution in [0.1, 0.15) is 52.9 Å². The molecule has 0 aliphatic heterocycles. The topological polar surface area (TPSA) is 74.6 Å². The molecule has 0 amide bonds. The maximum atomic E-state index is 11.1. The minimum Gasteiger partial charge on any atom is -0.478 e. The third kappa shape index (κ3) is 7.44. The average molecular weight is 268 g/mol. The highest BCUT2D eigenvalue weighted by molar-refractivity contribution is 5.94. The van der Waals surface area contributed by atoms with E-state index in [2.05, 4.69) is 13.8 Å². The van der Waals surface area contributed by atoms with E-state index in [1.807, 2.05) is 0 Å². The number of unbranched alkanes of at least 4 members (excludes halogenated alkanes) is 1. The van der Waals surface area contributed by atoms with Crippen LogP contribution in [-0.4, -0.2) is 22.2 Å². The van der Waals surface area contributed by atoms with E-state index in [1.54, 1.807) is 6.08 Å². The Hall–Kier alpha value is -1.58. The number of carbonyl (C=O) groups is 2. The summed E-state index contributed by atoms with van der Waals surface area (Å²) in [4.78, 5) is 21.8. The van der Waals surface area contributed by atoms with E-state index in [1.165, 1.54) is 13.0 Å². The maximum Gasteiger partial charge on any atom is 0.335 e. The maximum absolute atomic E-state index is 11.1. The molecule has 4 heteroatoms. The molecule has 1 unspecified atom stereocenters. The molecule has 1 atom stereocenters. The van der Waals surface area contributed by atoms with Crippen molar-refractivity contribution in [3.8, 4) is 0 Å². The van der Waals surface area contributed by atoms with Gasteiger partial charge in [0.05, 0.1) is 5.57 Å². The molecule has 0 radical (unpaired) electrons. The first-order valence-corrected chi connectivity index (χ1v) is 6.77. The van der Waals surface area contributed by atoms with E-state index in [4.69, 9.17) is 10.2 Å². The molecule has 0 rings (SSSR count). The summed E-state index contributed by atoms with van der Waals surface area (Å²) in [6, 6.07) is 0. The van der Waals surface area contributed by atoms with Gasteiger partial charge in [0.15, 0.2) is 0 Å². The molecule has 0 fully saturated rings. The minimum atomic E-state index is -1.09. The second-order valence-corrected chi connectivity index (χ2v) is 4.75. The van der Waals surface area contributed by atoms with Gasteiger partial charge in [0.25, 0.3) is 0 Å². The van der Waals surface area contributed by atoms with Gasteiger partial charge >= 0.3 is 11.9 Å². The highest BCUT2D eigenvalue weighted by atomic mass is 16.4. The summed E-state index contributed by atoms with van der Waals surface area (Å²) in [5.74, 6) is -1.70. The highest BCUT2D eigenvalue weighted by Gasteiger charge is 2.10. The molecule has 0 aromatic heterocycles. The Morgan fingerprint density at radius 1 is 1.16 bits per heavy atom. The Morgan fingerprint density at radius 2 is 1.79 bits per heavy atom. The number of rotatable bonds is 9. The van der Waals surface area contributed by atoms with Gasteiger partial charge in [0.1, 0.15) is 0 Å². The smallest absolute Gasteiger partial charge is 0.335 e. The fraction of sp³-hybridized carbons (Fsp3) is 0.600. The molecule has 0 saturated carbocycles. The molecule has 0 aromatic rings. The van der Waals surface area contributed by atoms with E-state index < -0.39 is 11.9 Å². The van der Waals surface area contributed by atoms with E-state index in [-0.39, 0.29) is 11.1 Å². The standard InChI is InChI=1S/C15H24O4/c1-4-6-7-12(5-2)8-9-13(15(18)19)10-11(3)14(16)17/h9-10,12H,4-8H2,1-3H3,(H,16,17)(H,18,19). The van der Waals surface area contributed by atoms with Crippen molar-refractivity contribution < 1.29 is 19.8 Å². The largest absolute Gasteiger partial charge is 0.478 e. The average Bonchev–Trinajstić information content (AvgIpc) is 2.36. The van der Waals surface area contributed by atoms with E-state index in [0.29, 0.717) is 12.3 Å². The van der Waals surface area contributed by atoms with Crippen molar-refractivity contribution in [1.29, 1.82) is 0 Å². The number of carboxylic acids is 2. The van der Waals surface area contributed by atoms with E-state index >= 15 is 0 Å². The van der Waals surface area contributed by atoms with Crippen LogP contribution < -0.4 is 0 Å². The van der Waals surface area contributed by atoms with Gasteiger partial charge in [-0.1, -0.05) is 45.6 Å². The fourth-order valence-electron chi connectivity index (χ4n) is 1.78. The normalized spacial score (nSPS) is 14.3. The SMILES string of the molecule is CCCCC(CC)CC=C(C=C(C)C(=O)O)C(=O)O. The van der Waals surface area contributed by atoms with Gasteiger partial charge in [-0.05, 0) is 25.3 Å². The second kappa shape index (κ2) is 9.36. The van der Waals surface area contributed by atoms with Crippen LogP contribution in [-0.2, 0) is 9.59 Å². The van der Waals surface area contributed by atoms with Gasteiger partial charge in [-0.3, -0.25) is 0 Å². The van der Waals surface area contributed by atoms with Gasteiger partial charge in [0, 0.05) is 5.57 Å². The predicted molar refractivity (Wildman–Crippen MR) is 75.0 cm³/mol. The van der Waals surface area contributed by atoms with Crippen molar-refractivity contribution >= 4 is 11.9 Å². The van der Waals surface area contributed by atoms with Crippen molar-refractivity contribution in [2.45, 2.75) is 52.9 Å². The third-order valence-electron chi connectivity index (χ3n) is 3.17. The highest BCUT2D eigenvalue weighted by Crippen LogP contribution is 2.18. The van der Waals surface area contributed by atoms with Gasteiger partial charge in [0.2, 0.25) is 0 Å². The van der Waals surface area contributed by atoms with Gasteiger partial charge in [-0.15, -0.1) is 0 Å². The first-order chi connectivity index (χ1) is 8.92. The zero-order valence-corrected chi connectivity index (χ0v) is 12.0. The molecule has 0 saturated heterocycles. The lowest BCUT2D eigenvalue weighted by molar-refractivity contribution is -0.132. The Bertz CT molecular complexity index is 366. The molecule has 0 bridgehead atoms. The van der Waals surface area contributed by atoms with Crippen molar-refractivity contribution in [2.75, 3.05) is 0 Å². The summed E-state index contributed by atoms with van der Waals surface area (Å²) < 4.78 is 0. The van der Waals surface area contributed by atoms with Crippen molar-refractivity contribution in [3.05, 3.63) is 23.3 Å². The number of hydrogen-bond acceptors (Lipinski definition) is 2. The molecule has 0 spiro atoms. The molecule has 0 aromatic carbocycles. The Labute approximate surface area is 114 Å². The first kappa shape index (κ1) is 17.4. The van der Waals surface area contributed by atoms with Crippen molar-refractivity contribution in [3.63, 3.8) is 0 Å². The van der Waals surface area contributed by atoms with Crippen LogP contribution in [0.5, 0.6) is 0 Å². The summed E-state index contributed by atoms with van der Waals surface area (Å²) in [7, 11) is 0. The van der Waals surface area contributed by atoms with E-state index in [9.17, 15) is 9.59 Å². The zero-order chi connectivity index (χ0) is 14.8. The molecular weight excluding hydrogens is 244 g/mol. The summed E-state index contributed by atoms with van der Waals surface area (Å²) >= 11 is 0. The first-order valence-electron chi connectivity index (χ1n) is 6.77. The molecule has 4 nitrogen and oxygen atoms in total. The predicted octanol–water partition coefficient (Wildman–Crippen LogP) is 3.63. The lowest BCUT2D eigenvalue weighted by Crippen LogP contribution is -2.04. The van der Waals surface area contributed by atoms with Crippen LogP contribution in [0, 0.1) is 5.92 Å². The summed E-state index contributed by atoms with van der Waals surface area (Å²) in [5, 5.41) is 17.8. The lowest BCUT2D eigenvalue weighted by Gasteiger charge is -2.11. The second-order valence-electron chi connectivity index (χ2n) is 4.75. The third-order valence-corrected chi connectivity index (χ3v) is 3.17. The van der Waals surface area contributed by atoms with E-state index in [0.717, 1.165) is 25.7 Å². The summed E-state index contributed by atoms with van der Waals surface area (Å²) in [6.45, 7) is 5.62. The lowest BCUT2D eigenvalue weighted by atomic mass is 9.94. The molecule has 0 aliphatic carbocycles. The van der Waals surface area contributed by atoms with Crippen molar-refractivity contribution in [2.24, 2.45) is 5.92 Å². The molecule has 108 valence electrons. The Balaban J connectivity index is 4.79. The van der Waals surface area contributed by atoms with Crippen LogP contribution >= 0.6 is 0 Å².